The summed E-state index contributed by atoms with van der Waals surface area (Å²) in [6.07, 6.45) is 1.04. The van der Waals surface area contributed by atoms with Gasteiger partial charge in [0.05, 0.1) is 24.3 Å². The van der Waals surface area contributed by atoms with Crippen molar-refractivity contribution in [3.8, 4) is 11.3 Å². The van der Waals surface area contributed by atoms with Crippen LogP contribution in [0.2, 0.25) is 5.02 Å². The van der Waals surface area contributed by atoms with E-state index in [0.29, 0.717) is 47.4 Å². The molecule has 5 rings (SSSR count). The first-order valence-electron chi connectivity index (χ1n) is 11.7. The highest BCUT2D eigenvalue weighted by Crippen LogP contribution is 2.33. The van der Waals surface area contributed by atoms with Gasteiger partial charge in [-0.2, -0.15) is 0 Å². The number of fused-ring (bicyclic) bond motifs is 1. The van der Waals surface area contributed by atoms with Gasteiger partial charge in [0.2, 0.25) is 0 Å². The van der Waals surface area contributed by atoms with E-state index in [0.717, 1.165) is 26.1 Å². The Balaban J connectivity index is 1.40. The van der Waals surface area contributed by atoms with E-state index in [2.05, 4.69) is 45.5 Å². The number of aromatic nitrogens is 1. The molecule has 2 aliphatic rings. The third-order valence-corrected chi connectivity index (χ3v) is 7.11. The largest absolute Gasteiger partial charge is 0.379 e. The van der Waals surface area contributed by atoms with Crippen LogP contribution in [0.5, 0.6) is 0 Å². The Morgan fingerprint density at radius 1 is 1.18 bits per heavy atom. The Bertz CT molecular complexity index is 1190. The summed E-state index contributed by atoms with van der Waals surface area (Å²) in [4.78, 5) is 18.1. The Kier molecular flexibility index (Phi) is 6.59. The van der Waals surface area contributed by atoms with Crippen LogP contribution in [-0.4, -0.2) is 62.4 Å². The minimum atomic E-state index is -0.215. The molecule has 0 unspecified atom stereocenters. The zero-order chi connectivity index (χ0) is 23.7. The highest BCUT2D eigenvalue weighted by atomic mass is 35.5. The van der Waals surface area contributed by atoms with Crippen LogP contribution in [0.4, 0.5) is 5.69 Å². The second kappa shape index (κ2) is 9.78. The molecule has 0 aliphatic carbocycles. The van der Waals surface area contributed by atoms with E-state index in [1.165, 1.54) is 16.8 Å². The number of hydrogen-bond donors (Lipinski definition) is 1. The molecule has 0 radical (unpaired) electrons. The molecule has 3 aromatic rings. The molecule has 0 saturated carbocycles. The summed E-state index contributed by atoms with van der Waals surface area (Å²) >= 11 is 6.38. The Hall–Kier alpha value is -2.87. The molecule has 178 valence electrons. The molecule has 7 nitrogen and oxygen atoms in total. The molecular formula is C26H29ClN4O3. The fraction of sp³-hybridized carbons (Fsp3) is 0.385. The Morgan fingerprint density at radius 2 is 1.97 bits per heavy atom. The van der Waals surface area contributed by atoms with Gasteiger partial charge in [-0.15, -0.1) is 0 Å². The van der Waals surface area contributed by atoms with Gasteiger partial charge < -0.3 is 19.5 Å². The number of rotatable bonds is 6. The first kappa shape index (κ1) is 22.9. The average molecular weight is 481 g/mol. The lowest BCUT2D eigenvalue weighted by Gasteiger charge is -2.35. The van der Waals surface area contributed by atoms with Gasteiger partial charge in [0.15, 0.2) is 0 Å². The number of carbonyl (C=O) groups is 1. The Morgan fingerprint density at radius 3 is 2.76 bits per heavy atom. The van der Waals surface area contributed by atoms with Crippen molar-refractivity contribution in [2.45, 2.75) is 19.4 Å². The summed E-state index contributed by atoms with van der Waals surface area (Å²) < 4.78 is 11.0. The molecule has 8 heteroatoms. The summed E-state index contributed by atoms with van der Waals surface area (Å²) in [5, 5.41) is 7.82. The van der Waals surface area contributed by atoms with Crippen molar-refractivity contribution in [2.24, 2.45) is 0 Å². The quantitative estimate of drug-likeness (QED) is 0.572. The van der Waals surface area contributed by atoms with Crippen LogP contribution in [0.15, 0.2) is 47.0 Å². The highest BCUT2D eigenvalue weighted by Gasteiger charge is 2.28. The third-order valence-electron chi connectivity index (χ3n) is 6.78. The maximum absolute atomic E-state index is 13.4. The van der Waals surface area contributed by atoms with Crippen molar-refractivity contribution in [1.29, 1.82) is 0 Å². The molecule has 0 bridgehead atoms. The molecule has 3 heterocycles. The minimum Gasteiger partial charge on any atom is -0.379 e. The van der Waals surface area contributed by atoms with Gasteiger partial charge in [-0.25, -0.2) is 0 Å². The topological polar surface area (TPSA) is 70.8 Å². The van der Waals surface area contributed by atoms with Crippen molar-refractivity contribution < 1.29 is 14.1 Å². The van der Waals surface area contributed by atoms with E-state index in [1.54, 1.807) is 13.0 Å². The van der Waals surface area contributed by atoms with E-state index < -0.39 is 0 Å². The monoisotopic (exact) mass is 480 g/mol. The van der Waals surface area contributed by atoms with Crippen molar-refractivity contribution in [1.82, 2.24) is 15.4 Å². The van der Waals surface area contributed by atoms with Gasteiger partial charge in [-0.1, -0.05) is 47.1 Å². The number of nitrogens with one attached hydrogen (secondary N) is 1. The van der Waals surface area contributed by atoms with Gasteiger partial charge in [-0.05, 0) is 36.6 Å². The van der Waals surface area contributed by atoms with Crippen LogP contribution in [0.3, 0.4) is 0 Å². The molecule has 1 N–H and O–H groups in total. The van der Waals surface area contributed by atoms with Crippen LogP contribution in [0.25, 0.3) is 11.3 Å². The number of likely N-dealkylation sites (N-methyl/N-ethyl adjacent to an activating group) is 1. The van der Waals surface area contributed by atoms with Crippen molar-refractivity contribution in [2.75, 3.05) is 51.3 Å². The molecule has 34 heavy (non-hydrogen) atoms. The molecule has 1 amide bonds. The third kappa shape index (κ3) is 4.43. The van der Waals surface area contributed by atoms with Gasteiger partial charge in [0.25, 0.3) is 5.91 Å². The second-order valence-corrected chi connectivity index (χ2v) is 9.28. The molecule has 2 aromatic carbocycles. The number of ether oxygens (including phenoxy) is 1. The van der Waals surface area contributed by atoms with Crippen LogP contribution >= 0.6 is 11.6 Å². The number of anilines is 1. The van der Waals surface area contributed by atoms with E-state index in [9.17, 15) is 4.79 Å². The number of halogens is 1. The number of nitrogens with zero attached hydrogens (tertiary/aromatic N) is 3. The summed E-state index contributed by atoms with van der Waals surface area (Å²) in [6.45, 7) is 6.30. The smallest absolute Gasteiger partial charge is 0.257 e. The number of amides is 1. The normalized spacial score (nSPS) is 17.0. The number of carbonyl (C=O) groups excluding carboxylic acids is 1. The zero-order valence-electron chi connectivity index (χ0n) is 19.5. The van der Waals surface area contributed by atoms with Crippen LogP contribution in [0.1, 0.15) is 33.3 Å². The van der Waals surface area contributed by atoms with Crippen molar-refractivity contribution in [3.05, 3.63) is 69.9 Å². The SMILES string of the molecule is Cc1onc(-c2ccccc2Cl)c1C(=O)NC[C@@H](c1ccc2c(c1)CCN2C)N1CCOCC1. The van der Waals surface area contributed by atoms with Crippen LogP contribution in [0, 0.1) is 6.92 Å². The first-order valence-corrected chi connectivity index (χ1v) is 12.1. The lowest BCUT2D eigenvalue weighted by molar-refractivity contribution is 0.0162. The molecular weight excluding hydrogens is 452 g/mol. The molecule has 1 saturated heterocycles. The maximum Gasteiger partial charge on any atom is 0.257 e. The average Bonchev–Trinajstić information content (AvgIpc) is 3.42. The fourth-order valence-corrected chi connectivity index (χ4v) is 5.12. The second-order valence-electron chi connectivity index (χ2n) is 8.88. The number of morpholine rings is 1. The minimum absolute atomic E-state index is 0.0491. The lowest BCUT2D eigenvalue weighted by Crippen LogP contribution is -2.44. The Labute approximate surface area is 204 Å². The highest BCUT2D eigenvalue weighted by molar-refractivity contribution is 6.33. The van der Waals surface area contributed by atoms with Gasteiger partial charge >= 0.3 is 0 Å². The van der Waals surface area contributed by atoms with Crippen molar-refractivity contribution in [3.63, 3.8) is 0 Å². The number of hydrogen-bond acceptors (Lipinski definition) is 6. The predicted molar refractivity (Wildman–Crippen MR) is 133 cm³/mol. The van der Waals surface area contributed by atoms with E-state index in [-0.39, 0.29) is 11.9 Å². The number of aryl methyl sites for hydroxylation is 1. The standard InChI is InChI=1S/C26H29ClN4O3/c1-17-24(25(29-34-17)20-5-3-4-6-21(20)27)26(32)28-16-23(31-11-13-33-14-12-31)18-7-8-22-19(15-18)9-10-30(22)2/h3-8,15,23H,9-14,16H2,1-2H3,(H,28,32)/t23-/m0/s1. The summed E-state index contributed by atoms with van der Waals surface area (Å²) in [5.41, 5.74) is 5.43. The first-order chi connectivity index (χ1) is 16.5. The lowest BCUT2D eigenvalue weighted by atomic mass is 10.00. The van der Waals surface area contributed by atoms with Crippen LogP contribution in [-0.2, 0) is 11.2 Å². The molecule has 1 atom stereocenters. The van der Waals surface area contributed by atoms with E-state index in [1.807, 2.05) is 18.2 Å². The van der Waals surface area contributed by atoms with Gasteiger partial charge in [-0.3, -0.25) is 9.69 Å². The van der Waals surface area contributed by atoms with Gasteiger partial charge in [0.1, 0.15) is 17.0 Å². The molecule has 2 aliphatic heterocycles. The summed E-state index contributed by atoms with van der Waals surface area (Å²) in [5.74, 6) is 0.253. The summed E-state index contributed by atoms with van der Waals surface area (Å²) in [6, 6.07) is 14.1. The predicted octanol–water partition coefficient (Wildman–Crippen LogP) is 4.10. The maximum atomic E-state index is 13.4. The van der Waals surface area contributed by atoms with Crippen LogP contribution < -0.4 is 10.2 Å². The zero-order valence-corrected chi connectivity index (χ0v) is 20.3. The summed E-state index contributed by atoms with van der Waals surface area (Å²) in [7, 11) is 2.13. The van der Waals surface area contributed by atoms with E-state index >= 15 is 0 Å². The van der Waals surface area contributed by atoms with Crippen molar-refractivity contribution >= 4 is 23.2 Å². The number of benzene rings is 2. The molecule has 1 fully saturated rings. The molecule has 0 spiro atoms. The van der Waals surface area contributed by atoms with Gasteiger partial charge in [0, 0.05) is 44.5 Å². The fourth-order valence-electron chi connectivity index (χ4n) is 4.90. The van der Waals surface area contributed by atoms with E-state index in [4.69, 9.17) is 20.9 Å². The molecule has 1 aromatic heterocycles.